The Balaban J connectivity index is 0.000000144. The number of rotatable bonds is 4. The number of likely N-dealkylation sites (tertiary alicyclic amines) is 2. The summed E-state index contributed by atoms with van der Waals surface area (Å²) in [4.78, 5) is 58.0. The predicted octanol–water partition coefficient (Wildman–Crippen LogP) is 2.16. The van der Waals surface area contributed by atoms with E-state index in [-0.39, 0.29) is 54.7 Å². The minimum atomic E-state index is -1.30. The average molecular weight is 743 g/mol. The van der Waals surface area contributed by atoms with Gasteiger partial charge in [0.1, 0.15) is 6.61 Å². The highest BCUT2D eigenvalue weighted by molar-refractivity contribution is 5.91. The Morgan fingerprint density at radius 2 is 1.31 bits per heavy atom. The molecule has 4 aliphatic heterocycles. The van der Waals surface area contributed by atoms with Crippen LogP contribution in [0.1, 0.15) is 60.8 Å². The number of carbonyl (C=O) groups is 3. The van der Waals surface area contributed by atoms with Crippen molar-refractivity contribution in [3.05, 3.63) is 71.8 Å². The van der Waals surface area contributed by atoms with Gasteiger partial charge < -0.3 is 39.5 Å². The van der Waals surface area contributed by atoms with Crippen LogP contribution >= 0.6 is 0 Å². The predicted molar refractivity (Wildman–Crippen MR) is 186 cm³/mol. The van der Waals surface area contributed by atoms with Crippen molar-refractivity contribution in [2.24, 2.45) is 0 Å². The summed E-state index contributed by atoms with van der Waals surface area (Å²) in [5.41, 5.74) is -0.326. The molecule has 2 saturated carbocycles. The number of carbonyl (C=O) groups excluding carboxylic acids is 5. The van der Waals surface area contributed by atoms with Gasteiger partial charge in [0.15, 0.2) is 46.8 Å². The van der Waals surface area contributed by atoms with Crippen LogP contribution in [0.15, 0.2) is 49.6 Å². The Hall–Kier alpha value is -5.01. The second kappa shape index (κ2) is 12.5. The first kappa shape index (κ1) is 36.0. The van der Waals surface area contributed by atoms with Gasteiger partial charge in [-0.1, -0.05) is 30.9 Å². The summed E-state index contributed by atoms with van der Waals surface area (Å²) < 4.78 is 17.2. The Morgan fingerprint density at radius 1 is 0.815 bits per heavy atom. The molecule has 2 aromatic carbocycles. The normalized spacial score (nSPS) is 35.3. The molecule has 284 valence electrons. The van der Waals surface area contributed by atoms with Gasteiger partial charge in [0.25, 0.3) is 0 Å². The zero-order valence-electron chi connectivity index (χ0n) is 29.6. The van der Waals surface area contributed by atoms with Crippen LogP contribution in [0.25, 0.3) is 0 Å². The molecule has 4 bridgehead atoms. The molecule has 2 saturated heterocycles. The molecule has 2 unspecified atom stereocenters. The average Bonchev–Trinajstić information content (AvgIpc) is 3.69. The summed E-state index contributed by atoms with van der Waals surface area (Å²) >= 11 is 0. The Morgan fingerprint density at radius 3 is 1.83 bits per heavy atom. The minimum absolute atomic E-state index is 0.0149. The van der Waals surface area contributed by atoms with Gasteiger partial charge >= 0.3 is 12.2 Å². The zero-order chi connectivity index (χ0) is 38.4. The third-order valence-corrected chi connectivity index (χ3v) is 13.5. The third kappa shape index (κ3) is 4.42. The highest BCUT2D eigenvalue weighted by Gasteiger charge is 2.75. The van der Waals surface area contributed by atoms with Gasteiger partial charge in [0.2, 0.25) is 0 Å². The van der Waals surface area contributed by atoms with E-state index in [4.69, 9.17) is 23.8 Å². The number of phenols is 2. The number of ether oxygens (including phenoxy) is 3. The molecule has 1 amide bonds. The van der Waals surface area contributed by atoms with Gasteiger partial charge in [-0.25, -0.2) is 4.79 Å². The molecule has 10 rings (SSSR count). The molecule has 4 aliphatic carbocycles. The number of aliphatic hydroxyl groups is 2. The highest BCUT2D eigenvalue weighted by Crippen LogP contribution is 2.66. The van der Waals surface area contributed by atoms with Gasteiger partial charge in [-0.3, -0.25) is 14.5 Å². The monoisotopic (exact) mass is 742 g/mol. The quantitative estimate of drug-likeness (QED) is 0.333. The van der Waals surface area contributed by atoms with E-state index in [1.54, 1.807) is 23.1 Å². The van der Waals surface area contributed by atoms with Crippen LogP contribution in [0.5, 0.6) is 23.0 Å². The summed E-state index contributed by atoms with van der Waals surface area (Å²) in [6.45, 7) is 9.37. The molecule has 14 heteroatoms. The van der Waals surface area contributed by atoms with Crippen LogP contribution in [0.4, 0.5) is 4.79 Å². The first-order chi connectivity index (χ1) is 25.9. The lowest BCUT2D eigenvalue weighted by molar-refractivity contribution is -0.191. The van der Waals surface area contributed by atoms with Crippen molar-refractivity contribution in [2.75, 3.05) is 26.2 Å². The maximum atomic E-state index is 12.7. The number of hydrogen-bond acceptors (Lipinski definition) is 13. The number of aromatic hydroxyl groups is 2. The number of Topliss-reactive ketones (excluding diaryl/α,β-unsaturated/α-hetero) is 2. The summed E-state index contributed by atoms with van der Waals surface area (Å²) in [5, 5.41) is 44.3. The second-order valence-corrected chi connectivity index (χ2v) is 15.5. The molecule has 4 fully saturated rings. The van der Waals surface area contributed by atoms with Crippen LogP contribution in [-0.4, -0.2) is 116 Å². The smallest absolute Gasteiger partial charge is 0.410 e. The van der Waals surface area contributed by atoms with Crippen molar-refractivity contribution in [1.82, 2.24) is 9.80 Å². The fraction of sp³-hybridized carbons (Fsp3) is 0.500. The Bertz CT molecular complexity index is 2030. The van der Waals surface area contributed by atoms with E-state index >= 15 is 0 Å². The van der Waals surface area contributed by atoms with Crippen LogP contribution in [0.3, 0.4) is 0 Å². The molecule has 8 aliphatic rings. The number of hydrogen-bond donors (Lipinski definition) is 4. The van der Waals surface area contributed by atoms with E-state index in [2.05, 4.69) is 18.1 Å². The van der Waals surface area contributed by atoms with Crippen molar-refractivity contribution in [3.8, 4) is 23.0 Å². The van der Waals surface area contributed by atoms with Gasteiger partial charge in [-0.2, -0.15) is 9.59 Å². The fourth-order valence-corrected chi connectivity index (χ4v) is 11.6. The summed E-state index contributed by atoms with van der Waals surface area (Å²) in [6.07, 6.45) is 5.03. The second-order valence-electron chi connectivity index (χ2n) is 15.5. The van der Waals surface area contributed by atoms with Gasteiger partial charge in [0.05, 0.1) is 28.1 Å². The molecule has 4 N–H and O–H groups in total. The largest absolute Gasteiger partial charge is 0.504 e. The molecule has 54 heavy (non-hydrogen) atoms. The van der Waals surface area contributed by atoms with Crippen molar-refractivity contribution in [3.63, 3.8) is 0 Å². The number of piperidine rings is 2. The molecular formula is C40H42N2O12. The SMILES string of the molecule is C=CCN1CC[C@]23c4c5ccc(O)c4O[C@H]2C(=O)CCC3(O)[C@H]1C5.C=CCOC(=O)N1CC[C@]23c4c5ccc(O)c4O[C@H]2C(=O)CCC3(O)[C@H]1C5.O=C=O. The van der Waals surface area contributed by atoms with Crippen LogP contribution in [0, 0.1) is 0 Å². The molecule has 4 heterocycles. The lowest BCUT2D eigenvalue weighted by Crippen LogP contribution is -2.77. The van der Waals surface area contributed by atoms with E-state index in [1.807, 2.05) is 12.1 Å². The molecule has 0 radical (unpaired) electrons. The number of benzene rings is 2. The zero-order valence-corrected chi connectivity index (χ0v) is 29.6. The number of nitrogens with zero attached hydrogens (tertiary/aromatic N) is 2. The van der Waals surface area contributed by atoms with E-state index in [9.17, 15) is 34.8 Å². The van der Waals surface area contributed by atoms with Crippen molar-refractivity contribution in [2.45, 2.75) is 97.7 Å². The van der Waals surface area contributed by atoms with E-state index < -0.39 is 46.4 Å². The first-order valence-electron chi connectivity index (χ1n) is 18.3. The molecule has 2 spiro atoms. The van der Waals surface area contributed by atoms with Gasteiger partial charge in [-0.15, -0.1) is 6.58 Å². The fourth-order valence-electron chi connectivity index (χ4n) is 11.6. The van der Waals surface area contributed by atoms with Crippen molar-refractivity contribution < 1.29 is 58.6 Å². The number of ketones is 2. The molecular weight excluding hydrogens is 700 g/mol. The van der Waals surface area contributed by atoms with Crippen LogP contribution in [0.2, 0.25) is 0 Å². The summed E-state index contributed by atoms with van der Waals surface area (Å²) in [7, 11) is 0. The molecule has 8 atom stereocenters. The Labute approximate surface area is 310 Å². The van der Waals surface area contributed by atoms with E-state index in [1.165, 1.54) is 6.08 Å². The number of amides is 1. The van der Waals surface area contributed by atoms with Crippen LogP contribution in [-0.2, 0) is 47.6 Å². The first-order valence-corrected chi connectivity index (χ1v) is 18.3. The van der Waals surface area contributed by atoms with E-state index in [0.29, 0.717) is 56.6 Å². The molecule has 0 aromatic heterocycles. The number of phenolic OH excluding ortho intramolecular Hbond substituents is 2. The standard InChI is InChI=1S/C20H21NO6.C19H21NO4.CO2/c1-2-9-26-18(24)21-8-7-19-15-11-3-4-12(22)16(15)27-17(19)13(23)5-6-20(19,25)14(21)10-11;1-2-8-20-9-7-18-15-11-3-4-12(21)16(15)24-17(18)13(22)5-6-19(18,23)14(20)10-11;2-1-3/h2-4,14,17,22,25H,1,5-10H2;2-4,14,17,21,23H,1,5-10H2;/t14-,17+,19+,20?;14-,17+,18+,19?;/m11./s1. The van der Waals surface area contributed by atoms with Crippen LogP contribution < -0.4 is 9.47 Å². The highest BCUT2D eigenvalue weighted by atomic mass is 16.6. The van der Waals surface area contributed by atoms with Gasteiger partial charge in [-0.05, 0) is 61.8 Å². The van der Waals surface area contributed by atoms with E-state index in [0.717, 1.165) is 35.3 Å². The minimum Gasteiger partial charge on any atom is -0.504 e. The van der Waals surface area contributed by atoms with Gasteiger partial charge in [0, 0.05) is 49.6 Å². The van der Waals surface area contributed by atoms with Crippen molar-refractivity contribution in [1.29, 1.82) is 0 Å². The maximum absolute atomic E-state index is 12.7. The summed E-state index contributed by atoms with van der Waals surface area (Å²) in [6, 6.07) is 6.35. The maximum Gasteiger partial charge on any atom is 0.410 e. The Kier molecular flexibility index (Phi) is 8.35. The lowest BCUT2D eigenvalue weighted by atomic mass is 9.49. The van der Waals surface area contributed by atoms with Crippen molar-refractivity contribution >= 4 is 23.8 Å². The lowest BCUT2D eigenvalue weighted by Gasteiger charge is -2.62. The topological polar surface area (TPSA) is 200 Å². The molecule has 14 nitrogen and oxygen atoms in total. The third-order valence-electron chi connectivity index (χ3n) is 13.5. The summed E-state index contributed by atoms with van der Waals surface area (Å²) in [5.74, 6) is 0.760. The molecule has 2 aromatic rings.